The van der Waals surface area contributed by atoms with E-state index >= 15 is 0 Å². The van der Waals surface area contributed by atoms with Gasteiger partial charge in [0.15, 0.2) is 0 Å². The van der Waals surface area contributed by atoms with Gasteiger partial charge in [-0.15, -0.1) is 0 Å². The highest BCUT2D eigenvalue weighted by Crippen LogP contribution is 2.28. The Hall–Kier alpha value is -0.970. The van der Waals surface area contributed by atoms with Gasteiger partial charge < -0.3 is 10.6 Å². The Morgan fingerprint density at radius 3 is 2.57 bits per heavy atom. The highest BCUT2D eigenvalue weighted by molar-refractivity contribution is 7.80. The molecule has 0 spiro atoms. The lowest BCUT2D eigenvalue weighted by Crippen LogP contribution is -2.48. The van der Waals surface area contributed by atoms with E-state index < -0.39 is 0 Å². The molecule has 1 saturated heterocycles. The summed E-state index contributed by atoms with van der Waals surface area (Å²) < 4.78 is 0. The van der Waals surface area contributed by atoms with Crippen molar-refractivity contribution in [2.45, 2.75) is 26.3 Å². The van der Waals surface area contributed by atoms with Gasteiger partial charge in [-0.05, 0) is 25.6 Å². The van der Waals surface area contributed by atoms with Crippen molar-refractivity contribution in [3.05, 3.63) is 35.9 Å². The standard InChI is InChI=1S/C17H27N3S/c1-17(2,16(18)21)9-10-20-12-11-19(3)13-15(20)14-7-5-4-6-8-14/h4-8,15H,9-13H2,1-3H3,(H2,18,21). The monoisotopic (exact) mass is 305 g/mol. The van der Waals surface area contributed by atoms with Crippen molar-refractivity contribution in [2.75, 3.05) is 33.2 Å². The van der Waals surface area contributed by atoms with Gasteiger partial charge in [0, 0.05) is 31.1 Å². The number of nitrogens with zero attached hydrogens (tertiary/aromatic N) is 2. The van der Waals surface area contributed by atoms with Gasteiger partial charge in [-0.1, -0.05) is 56.4 Å². The first-order chi connectivity index (χ1) is 9.90. The smallest absolute Gasteiger partial charge is 0.0784 e. The van der Waals surface area contributed by atoms with Crippen LogP contribution in [0.2, 0.25) is 0 Å². The van der Waals surface area contributed by atoms with E-state index in [1.165, 1.54) is 5.56 Å². The molecule has 0 radical (unpaired) electrons. The third-order valence-corrected chi connectivity index (χ3v) is 5.12. The minimum atomic E-state index is -0.0695. The second-order valence-corrected chi connectivity index (χ2v) is 7.16. The van der Waals surface area contributed by atoms with Gasteiger partial charge in [-0.25, -0.2) is 0 Å². The summed E-state index contributed by atoms with van der Waals surface area (Å²) in [6.07, 6.45) is 1.01. The van der Waals surface area contributed by atoms with Crippen LogP contribution in [0.4, 0.5) is 0 Å². The Balaban J connectivity index is 2.07. The summed E-state index contributed by atoms with van der Waals surface area (Å²) in [5.41, 5.74) is 7.19. The molecule has 1 unspecified atom stereocenters. The predicted octanol–water partition coefficient (Wildman–Crippen LogP) is 2.68. The zero-order chi connectivity index (χ0) is 15.5. The summed E-state index contributed by atoms with van der Waals surface area (Å²) in [5.74, 6) is 0. The molecular formula is C17H27N3S. The van der Waals surface area contributed by atoms with E-state index in [9.17, 15) is 0 Å². The molecule has 0 amide bonds. The molecule has 1 aromatic rings. The number of piperazine rings is 1. The molecule has 1 atom stereocenters. The van der Waals surface area contributed by atoms with Crippen LogP contribution in [-0.2, 0) is 0 Å². The molecule has 2 N–H and O–H groups in total. The van der Waals surface area contributed by atoms with Crippen LogP contribution < -0.4 is 5.73 Å². The maximum Gasteiger partial charge on any atom is 0.0784 e. The van der Waals surface area contributed by atoms with Gasteiger partial charge in [-0.3, -0.25) is 4.90 Å². The lowest BCUT2D eigenvalue weighted by molar-refractivity contribution is 0.0830. The van der Waals surface area contributed by atoms with Crippen molar-refractivity contribution >= 4 is 17.2 Å². The molecule has 0 bridgehead atoms. The predicted molar refractivity (Wildman–Crippen MR) is 93.4 cm³/mol. The van der Waals surface area contributed by atoms with Crippen molar-refractivity contribution in [1.82, 2.24) is 9.80 Å². The fraction of sp³-hybridized carbons (Fsp3) is 0.588. The van der Waals surface area contributed by atoms with Gasteiger partial charge in [0.2, 0.25) is 0 Å². The molecule has 4 heteroatoms. The lowest BCUT2D eigenvalue weighted by atomic mass is 9.88. The molecule has 0 aromatic heterocycles. The van der Waals surface area contributed by atoms with E-state index in [1.54, 1.807) is 0 Å². The van der Waals surface area contributed by atoms with Crippen molar-refractivity contribution in [3.8, 4) is 0 Å². The summed E-state index contributed by atoms with van der Waals surface area (Å²) in [6.45, 7) is 8.63. The number of rotatable bonds is 5. The van der Waals surface area contributed by atoms with Crippen LogP contribution >= 0.6 is 12.2 Å². The van der Waals surface area contributed by atoms with Gasteiger partial charge in [0.1, 0.15) is 0 Å². The number of thiocarbonyl (C=S) groups is 1. The SMILES string of the molecule is CN1CCN(CCC(C)(C)C(N)=S)C(c2ccccc2)C1. The third-order valence-electron chi connectivity index (χ3n) is 4.57. The van der Waals surface area contributed by atoms with Crippen LogP contribution in [0.3, 0.4) is 0 Å². The van der Waals surface area contributed by atoms with E-state index in [0.717, 1.165) is 32.6 Å². The molecule has 0 aliphatic carbocycles. The Labute approximate surface area is 134 Å². The summed E-state index contributed by atoms with van der Waals surface area (Å²) in [6, 6.07) is 11.3. The Kier molecular flexibility index (Phi) is 5.36. The molecule has 3 nitrogen and oxygen atoms in total. The Morgan fingerprint density at radius 1 is 1.29 bits per heavy atom. The van der Waals surface area contributed by atoms with E-state index in [4.69, 9.17) is 18.0 Å². The Morgan fingerprint density at radius 2 is 1.95 bits per heavy atom. The number of nitrogens with two attached hydrogens (primary N) is 1. The van der Waals surface area contributed by atoms with Crippen molar-refractivity contribution < 1.29 is 0 Å². The van der Waals surface area contributed by atoms with Crippen molar-refractivity contribution in [2.24, 2.45) is 11.1 Å². The molecule has 0 saturated carbocycles. The van der Waals surface area contributed by atoms with Crippen molar-refractivity contribution in [1.29, 1.82) is 0 Å². The average molecular weight is 305 g/mol. The summed E-state index contributed by atoms with van der Waals surface area (Å²) in [7, 11) is 2.20. The first-order valence-corrected chi connectivity index (χ1v) is 8.08. The fourth-order valence-electron chi connectivity index (χ4n) is 2.76. The Bertz CT molecular complexity index is 472. The van der Waals surface area contributed by atoms with Crippen molar-refractivity contribution in [3.63, 3.8) is 0 Å². The van der Waals surface area contributed by atoms with Crippen LogP contribution in [0.15, 0.2) is 30.3 Å². The van der Waals surface area contributed by atoms with E-state index in [1.807, 2.05) is 0 Å². The van der Waals surface area contributed by atoms with Crippen LogP contribution in [0, 0.1) is 5.41 Å². The topological polar surface area (TPSA) is 32.5 Å². The summed E-state index contributed by atoms with van der Waals surface area (Å²) in [4.78, 5) is 5.61. The van der Waals surface area contributed by atoms with E-state index in [2.05, 4.69) is 61.0 Å². The van der Waals surface area contributed by atoms with Gasteiger partial charge in [-0.2, -0.15) is 0 Å². The first-order valence-electron chi connectivity index (χ1n) is 7.67. The normalized spacial score (nSPS) is 21.4. The zero-order valence-corrected chi connectivity index (χ0v) is 14.2. The zero-order valence-electron chi connectivity index (χ0n) is 13.4. The fourth-order valence-corrected chi connectivity index (χ4v) is 2.86. The molecule has 21 heavy (non-hydrogen) atoms. The molecule has 1 aromatic carbocycles. The number of benzene rings is 1. The third kappa shape index (κ3) is 4.25. The van der Waals surface area contributed by atoms with E-state index in [-0.39, 0.29) is 5.41 Å². The highest BCUT2D eigenvalue weighted by Gasteiger charge is 2.29. The van der Waals surface area contributed by atoms with Crippen LogP contribution in [0.1, 0.15) is 31.9 Å². The second kappa shape index (κ2) is 6.86. The minimum Gasteiger partial charge on any atom is -0.393 e. The van der Waals surface area contributed by atoms with Crippen LogP contribution in [-0.4, -0.2) is 48.0 Å². The van der Waals surface area contributed by atoms with E-state index in [0.29, 0.717) is 11.0 Å². The molecular weight excluding hydrogens is 278 g/mol. The van der Waals surface area contributed by atoms with Crippen LogP contribution in [0.25, 0.3) is 0 Å². The molecule has 1 aliphatic rings. The summed E-state index contributed by atoms with van der Waals surface area (Å²) >= 11 is 5.19. The number of likely N-dealkylation sites (N-methyl/N-ethyl adjacent to an activating group) is 1. The largest absolute Gasteiger partial charge is 0.393 e. The highest BCUT2D eigenvalue weighted by atomic mass is 32.1. The minimum absolute atomic E-state index is 0.0695. The molecule has 2 rings (SSSR count). The first kappa shape index (κ1) is 16.4. The number of hydrogen-bond acceptors (Lipinski definition) is 3. The van der Waals surface area contributed by atoms with Gasteiger partial charge in [0.25, 0.3) is 0 Å². The molecule has 1 heterocycles. The summed E-state index contributed by atoms with van der Waals surface area (Å²) in [5, 5.41) is 0. The van der Waals surface area contributed by atoms with Crippen LogP contribution in [0.5, 0.6) is 0 Å². The average Bonchev–Trinajstić information content (AvgIpc) is 2.46. The van der Waals surface area contributed by atoms with Gasteiger partial charge >= 0.3 is 0 Å². The maximum atomic E-state index is 5.86. The lowest BCUT2D eigenvalue weighted by Gasteiger charge is -2.41. The molecule has 116 valence electrons. The molecule has 1 aliphatic heterocycles. The second-order valence-electron chi connectivity index (χ2n) is 6.72. The quantitative estimate of drug-likeness (QED) is 0.848. The maximum absolute atomic E-state index is 5.86. The molecule has 1 fully saturated rings. The number of hydrogen-bond donors (Lipinski definition) is 1. The van der Waals surface area contributed by atoms with Gasteiger partial charge in [0.05, 0.1) is 4.99 Å².